The molecule has 1 rings (SSSR count). The van der Waals surface area contributed by atoms with E-state index in [0.717, 1.165) is 0 Å². The number of amides is 2. The maximum Gasteiger partial charge on any atom is 0.233 e. The molecule has 0 unspecified atom stereocenters. The summed E-state index contributed by atoms with van der Waals surface area (Å²) in [6.07, 6.45) is 0. The number of carbonyl (C=O) groups excluding carboxylic acids is 2. The molecule has 2 atom stereocenters. The standard InChI is InChI=1S/C9H15NO2/c1-5(2)7-6(3)8(11)10(4)9(7)12/h5-7H,1-4H3/t6-,7-/m1/s1. The van der Waals surface area contributed by atoms with Crippen molar-refractivity contribution in [3.63, 3.8) is 0 Å². The van der Waals surface area contributed by atoms with E-state index in [9.17, 15) is 9.59 Å². The molecule has 0 aromatic carbocycles. The fourth-order valence-corrected chi connectivity index (χ4v) is 1.87. The Hall–Kier alpha value is -0.860. The molecular weight excluding hydrogens is 154 g/mol. The van der Waals surface area contributed by atoms with Crippen LogP contribution in [0.1, 0.15) is 20.8 Å². The first-order valence-electron chi connectivity index (χ1n) is 4.28. The quantitative estimate of drug-likeness (QED) is 0.547. The van der Waals surface area contributed by atoms with Gasteiger partial charge in [-0.25, -0.2) is 0 Å². The average molecular weight is 169 g/mol. The third-order valence-corrected chi connectivity index (χ3v) is 2.59. The number of hydrogen-bond donors (Lipinski definition) is 0. The zero-order valence-corrected chi connectivity index (χ0v) is 8.00. The van der Waals surface area contributed by atoms with Crippen LogP contribution in [0.5, 0.6) is 0 Å². The SMILES string of the molecule is CC(C)[C@H]1C(=O)N(C)C(=O)[C@@H]1C. The predicted octanol–water partition coefficient (Wildman–Crippen LogP) is 0.893. The highest BCUT2D eigenvalue weighted by molar-refractivity contribution is 6.04. The van der Waals surface area contributed by atoms with Crippen LogP contribution in [0.2, 0.25) is 0 Å². The lowest BCUT2D eigenvalue weighted by molar-refractivity contribution is -0.138. The molecule has 0 spiro atoms. The molecule has 0 N–H and O–H groups in total. The Kier molecular flexibility index (Phi) is 2.22. The summed E-state index contributed by atoms with van der Waals surface area (Å²) in [7, 11) is 1.56. The molecule has 68 valence electrons. The van der Waals surface area contributed by atoms with Gasteiger partial charge in [0.1, 0.15) is 0 Å². The van der Waals surface area contributed by atoms with Crippen LogP contribution in [0.4, 0.5) is 0 Å². The van der Waals surface area contributed by atoms with Gasteiger partial charge in [-0.2, -0.15) is 0 Å². The molecule has 0 aromatic heterocycles. The van der Waals surface area contributed by atoms with Gasteiger partial charge in [-0.05, 0) is 5.92 Å². The van der Waals surface area contributed by atoms with Gasteiger partial charge in [-0.3, -0.25) is 14.5 Å². The molecule has 0 aromatic rings. The van der Waals surface area contributed by atoms with Crippen molar-refractivity contribution in [2.45, 2.75) is 20.8 Å². The summed E-state index contributed by atoms with van der Waals surface area (Å²) >= 11 is 0. The largest absolute Gasteiger partial charge is 0.285 e. The van der Waals surface area contributed by atoms with Crippen LogP contribution in [0.3, 0.4) is 0 Å². The molecule has 1 saturated heterocycles. The van der Waals surface area contributed by atoms with Crippen LogP contribution in [0.25, 0.3) is 0 Å². The highest BCUT2D eigenvalue weighted by Crippen LogP contribution is 2.30. The van der Waals surface area contributed by atoms with Crippen molar-refractivity contribution >= 4 is 11.8 Å². The molecule has 0 bridgehead atoms. The molecule has 3 heteroatoms. The van der Waals surface area contributed by atoms with Crippen molar-refractivity contribution in [3.8, 4) is 0 Å². The molecule has 1 fully saturated rings. The fraction of sp³-hybridized carbons (Fsp3) is 0.778. The van der Waals surface area contributed by atoms with Gasteiger partial charge in [0.15, 0.2) is 0 Å². The summed E-state index contributed by atoms with van der Waals surface area (Å²) < 4.78 is 0. The zero-order chi connectivity index (χ0) is 9.46. The van der Waals surface area contributed by atoms with Gasteiger partial charge in [0, 0.05) is 13.0 Å². The highest BCUT2D eigenvalue weighted by Gasteiger charge is 2.44. The topological polar surface area (TPSA) is 37.4 Å². The van der Waals surface area contributed by atoms with Gasteiger partial charge in [0.05, 0.1) is 5.92 Å². The first-order valence-corrected chi connectivity index (χ1v) is 4.28. The average Bonchev–Trinajstić information content (AvgIpc) is 2.16. The van der Waals surface area contributed by atoms with E-state index in [4.69, 9.17) is 0 Å². The summed E-state index contributed by atoms with van der Waals surface area (Å²) in [5.41, 5.74) is 0. The molecule has 2 amide bonds. The van der Waals surface area contributed by atoms with Crippen LogP contribution in [-0.4, -0.2) is 23.8 Å². The Bertz CT molecular complexity index is 223. The summed E-state index contributed by atoms with van der Waals surface area (Å²) in [6, 6.07) is 0. The number of nitrogens with zero attached hydrogens (tertiary/aromatic N) is 1. The van der Waals surface area contributed by atoms with Gasteiger partial charge in [0.25, 0.3) is 0 Å². The minimum atomic E-state index is -0.137. The lowest BCUT2D eigenvalue weighted by Crippen LogP contribution is -2.27. The second-order valence-corrected chi connectivity index (χ2v) is 3.79. The zero-order valence-electron chi connectivity index (χ0n) is 8.00. The number of rotatable bonds is 1. The predicted molar refractivity (Wildman–Crippen MR) is 45.3 cm³/mol. The van der Waals surface area contributed by atoms with Gasteiger partial charge in [0.2, 0.25) is 11.8 Å². The van der Waals surface area contributed by atoms with Gasteiger partial charge in [-0.15, -0.1) is 0 Å². The van der Waals surface area contributed by atoms with E-state index in [1.54, 1.807) is 7.05 Å². The molecule has 0 aliphatic carbocycles. The maximum atomic E-state index is 11.5. The molecule has 0 saturated carbocycles. The number of hydrogen-bond acceptors (Lipinski definition) is 2. The number of carbonyl (C=O) groups is 2. The van der Waals surface area contributed by atoms with Crippen LogP contribution < -0.4 is 0 Å². The lowest BCUT2D eigenvalue weighted by atomic mass is 9.87. The van der Waals surface area contributed by atoms with Crippen molar-refractivity contribution in [1.82, 2.24) is 4.90 Å². The third kappa shape index (κ3) is 1.13. The Morgan fingerprint density at radius 2 is 1.75 bits per heavy atom. The number of likely N-dealkylation sites (tertiary alicyclic amines) is 1. The van der Waals surface area contributed by atoms with E-state index < -0.39 is 0 Å². The van der Waals surface area contributed by atoms with E-state index in [-0.39, 0.29) is 29.6 Å². The minimum Gasteiger partial charge on any atom is -0.285 e. The Balaban J connectivity index is 2.91. The monoisotopic (exact) mass is 169 g/mol. The molecule has 3 nitrogen and oxygen atoms in total. The van der Waals surface area contributed by atoms with Crippen LogP contribution in [-0.2, 0) is 9.59 Å². The molecule has 1 aliphatic heterocycles. The van der Waals surface area contributed by atoms with Crippen molar-refractivity contribution in [1.29, 1.82) is 0 Å². The highest BCUT2D eigenvalue weighted by atomic mass is 16.2. The van der Waals surface area contributed by atoms with E-state index >= 15 is 0 Å². The van der Waals surface area contributed by atoms with Crippen molar-refractivity contribution in [2.24, 2.45) is 17.8 Å². The molecular formula is C9H15NO2. The minimum absolute atomic E-state index is 0.0255. The summed E-state index contributed by atoms with van der Waals surface area (Å²) in [4.78, 5) is 24.1. The smallest absolute Gasteiger partial charge is 0.233 e. The van der Waals surface area contributed by atoms with Gasteiger partial charge >= 0.3 is 0 Å². The normalized spacial score (nSPS) is 30.6. The van der Waals surface area contributed by atoms with Crippen LogP contribution in [0, 0.1) is 17.8 Å². The first-order chi connectivity index (χ1) is 5.46. The van der Waals surface area contributed by atoms with E-state index in [1.165, 1.54) is 4.90 Å². The van der Waals surface area contributed by atoms with Crippen molar-refractivity contribution in [2.75, 3.05) is 7.05 Å². The Labute approximate surface area is 72.7 Å². The van der Waals surface area contributed by atoms with E-state index in [1.807, 2.05) is 20.8 Å². The molecule has 0 radical (unpaired) electrons. The van der Waals surface area contributed by atoms with E-state index in [0.29, 0.717) is 0 Å². The second-order valence-electron chi connectivity index (χ2n) is 3.79. The maximum absolute atomic E-state index is 11.5. The lowest BCUT2D eigenvalue weighted by Gasteiger charge is -2.14. The molecule has 1 heterocycles. The van der Waals surface area contributed by atoms with Crippen LogP contribution >= 0.6 is 0 Å². The van der Waals surface area contributed by atoms with Crippen LogP contribution in [0.15, 0.2) is 0 Å². The van der Waals surface area contributed by atoms with Crippen molar-refractivity contribution in [3.05, 3.63) is 0 Å². The first kappa shape index (κ1) is 9.23. The Morgan fingerprint density at radius 1 is 1.25 bits per heavy atom. The fourth-order valence-electron chi connectivity index (χ4n) is 1.87. The van der Waals surface area contributed by atoms with Crippen molar-refractivity contribution < 1.29 is 9.59 Å². The van der Waals surface area contributed by atoms with E-state index in [2.05, 4.69) is 0 Å². The number of imide groups is 1. The third-order valence-electron chi connectivity index (χ3n) is 2.59. The van der Waals surface area contributed by atoms with Gasteiger partial charge in [-0.1, -0.05) is 20.8 Å². The summed E-state index contributed by atoms with van der Waals surface area (Å²) in [6.45, 7) is 5.78. The second kappa shape index (κ2) is 2.88. The summed E-state index contributed by atoms with van der Waals surface area (Å²) in [5.74, 6) is -0.0624. The molecule has 12 heavy (non-hydrogen) atoms. The molecule has 1 aliphatic rings. The van der Waals surface area contributed by atoms with Gasteiger partial charge < -0.3 is 0 Å². The summed E-state index contributed by atoms with van der Waals surface area (Å²) in [5, 5.41) is 0. The Morgan fingerprint density at radius 3 is 1.92 bits per heavy atom.